The van der Waals surface area contributed by atoms with Gasteiger partial charge in [0, 0.05) is 0 Å². The third-order valence-electron chi connectivity index (χ3n) is 1.39. The molecular formula is C6H16O. The maximum atomic E-state index is 2.28. The Balaban J connectivity index is 0. The minimum Gasteiger partial charge on any atom is -0.412 e. The van der Waals surface area contributed by atoms with Gasteiger partial charge in [0.1, 0.15) is 0 Å². The maximum Gasteiger partial charge on any atom is -0.0448 e. The molecule has 7 heavy (non-hydrogen) atoms. The topological polar surface area (TPSA) is 31.5 Å². The van der Waals surface area contributed by atoms with Crippen LogP contribution in [0, 0.1) is 5.92 Å². The van der Waals surface area contributed by atoms with E-state index in [2.05, 4.69) is 20.8 Å². The summed E-state index contributed by atoms with van der Waals surface area (Å²) in [7, 11) is 0. The minimum absolute atomic E-state index is 0. The van der Waals surface area contributed by atoms with Gasteiger partial charge in [-0.1, -0.05) is 33.6 Å². The first-order valence-corrected chi connectivity index (χ1v) is 2.81. The summed E-state index contributed by atoms with van der Waals surface area (Å²) >= 11 is 0. The van der Waals surface area contributed by atoms with Crippen molar-refractivity contribution in [1.82, 2.24) is 0 Å². The van der Waals surface area contributed by atoms with Crippen LogP contribution in [0.5, 0.6) is 0 Å². The molecule has 1 heteroatoms. The van der Waals surface area contributed by atoms with Crippen LogP contribution in [0.15, 0.2) is 0 Å². The van der Waals surface area contributed by atoms with Crippen LogP contribution in [0.4, 0.5) is 0 Å². The SMILES string of the molecule is CCC(C)CC.O. The Hall–Kier alpha value is -0.0400. The van der Waals surface area contributed by atoms with Crippen molar-refractivity contribution in [1.29, 1.82) is 0 Å². The molecule has 2 N–H and O–H groups in total. The average molecular weight is 104 g/mol. The third kappa shape index (κ3) is 5.96. The Morgan fingerprint density at radius 2 is 1.43 bits per heavy atom. The summed E-state index contributed by atoms with van der Waals surface area (Å²) in [4.78, 5) is 0. The molecule has 0 unspecified atom stereocenters. The highest BCUT2D eigenvalue weighted by atomic mass is 16.0. The van der Waals surface area contributed by atoms with E-state index >= 15 is 0 Å². The van der Waals surface area contributed by atoms with E-state index in [0.29, 0.717) is 0 Å². The number of rotatable bonds is 2. The molecule has 0 amide bonds. The van der Waals surface area contributed by atoms with Gasteiger partial charge >= 0.3 is 0 Å². The lowest BCUT2D eigenvalue weighted by Crippen LogP contribution is -1.85. The van der Waals surface area contributed by atoms with E-state index in [1.54, 1.807) is 0 Å². The molecule has 0 radical (unpaired) electrons. The molecule has 0 aromatic carbocycles. The zero-order valence-electron chi connectivity index (χ0n) is 5.49. The second kappa shape index (κ2) is 5.96. The average Bonchev–Trinajstić information content (AvgIpc) is 1.65. The Bertz CT molecular complexity index is 23.4. The fourth-order valence-electron chi connectivity index (χ4n) is 0.289. The molecule has 0 aromatic rings. The Kier molecular flexibility index (Phi) is 8.56. The molecular weight excluding hydrogens is 88.1 g/mol. The van der Waals surface area contributed by atoms with Crippen LogP contribution >= 0.6 is 0 Å². The summed E-state index contributed by atoms with van der Waals surface area (Å²) in [6.07, 6.45) is 2.66. The van der Waals surface area contributed by atoms with Crippen LogP contribution in [0.25, 0.3) is 0 Å². The van der Waals surface area contributed by atoms with Crippen molar-refractivity contribution in [3.63, 3.8) is 0 Å². The van der Waals surface area contributed by atoms with Crippen LogP contribution in [0.2, 0.25) is 0 Å². The highest BCUT2D eigenvalue weighted by Crippen LogP contribution is 2.02. The number of hydrogen-bond acceptors (Lipinski definition) is 0. The predicted molar refractivity (Wildman–Crippen MR) is 33.4 cm³/mol. The van der Waals surface area contributed by atoms with Crippen molar-refractivity contribution in [2.75, 3.05) is 0 Å². The van der Waals surface area contributed by atoms with Crippen molar-refractivity contribution >= 4 is 0 Å². The van der Waals surface area contributed by atoms with Crippen LogP contribution < -0.4 is 0 Å². The van der Waals surface area contributed by atoms with E-state index in [1.807, 2.05) is 0 Å². The maximum absolute atomic E-state index is 2.28. The van der Waals surface area contributed by atoms with Gasteiger partial charge < -0.3 is 5.48 Å². The first-order valence-electron chi connectivity index (χ1n) is 2.81. The second-order valence-electron chi connectivity index (χ2n) is 1.92. The first kappa shape index (κ1) is 10.0. The summed E-state index contributed by atoms with van der Waals surface area (Å²) < 4.78 is 0. The van der Waals surface area contributed by atoms with Crippen LogP contribution in [0.3, 0.4) is 0 Å². The largest absolute Gasteiger partial charge is 0.412 e. The van der Waals surface area contributed by atoms with Gasteiger partial charge in [-0.25, -0.2) is 0 Å². The predicted octanol–water partition coefficient (Wildman–Crippen LogP) is 1.62. The van der Waals surface area contributed by atoms with E-state index < -0.39 is 0 Å². The molecule has 1 nitrogen and oxygen atoms in total. The molecule has 0 rings (SSSR count). The van der Waals surface area contributed by atoms with Gasteiger partial charge in [-0.05, 0) is 5.92 Å². The first-order chi connectivity index (χ1) is 2.81. The normalized spacial score (nSPS) is 8.57. The summed E-state index contributed by atoms with van der Waals surface area (Å²) in [5, 5.41) is 0. The lowest BCUT2D eigenvalue weighted by atomic mass is 10.1. The molecule has 0 fully saturated rings. The molecule has 0 spiro atoms. The smallest absolute Gasteiger partial charge is 0.0448 e. The molecule has 0 saturated carbocycles. The van der Waals surface area contributed by atoms with Gasteiger partial charge in [0.05, 0.1) is 0 Å². The summed E-state index contributed by atoms with van der Waals surface area (Å²) in [6, 6.07) is 0. The molecule has 0 aliphatic rings. The fraction of sp³-hybridized carbons (Fsp3) is 1.00. The summed E-state index contributed by atoms with van der Waals surface area (Å²) in [6.45, 7) is 6.74. The summed E-state index contributed by atoms with van der Waals surface area (Å²) in [5.41, 5.74) is 0. The van der Waals surface area contributed by atoms with Crippen LogP contribution in [-0.2, 0) is 0 Å². The monoisotopic (exact) mass is 104 g/mol. The molecule has 0 aromatic heterocycles. The Labute approximate surface area is 46.0 Å². The highest BCUT2D eigenvalue weighted by molar-refractivity contribution is 4.41. The zero-order valence-corrected chi connectivity index (χ0v) is 5.49. The van der Waals surface area contributed by atoms with Gasteiger partial charge in [-0.2, -0.15) is 0 Å². The lowest BCUT2D eigenvalue weighted by Gasteiger charge is -1.98. The number of hydrogen-bond donors (Lipinski definition) is 0. The molecule has 0 heterocycles. The van der Waals surface area contributed by atoms with Crippen molar-refractivity contribution in [2.45, 2.75) is 33.6 Å². The second-order valence-corrected chi connectivity index (χ2v) is 1.92. The van der Waals surface area contributed by atoms with Crippen molar-refractivity contribution < 1.29 is 5.48 Å². The van der Waals surface area contributed by atoms with Crippen molar-refractivity contribution in [3.8, 4) is 0 Å². The van der Waals surface area contributed by atoms with Gasteiger partial charge in [-0.3, -0.25) is 0 Å². The molecule has 46 valence electrons. The molecule has 0 aliphatic heterocycles. The zero-order chi connectivity index (χ0) is 4.99. The highest BCUT2D eigenvalue weighted by Gasteiger charge is 1.88. The van der Waals surface area contributed by atoms with E-state index in [0.717, 1.165) is 5.92 Å². The van der Waals surface area contributed by atoms with E-state index in [-0.39, 0.29) is 5.48 Å². The standard InChI is InChI=1S/C6H14.H2O/c1-4-6(3)5-2;/h6H,4-5H2,1-3H3;1H2. The lowest BCUT2D eigenvalue weighted by molar-refractivity contribution is 0.544. The molecule has 0 aliphatic carbocycles. The van der Waals surface area contributed by atoms with Crippen molar-refractivity contribution in [2.24, 2.45) is 5.92 Å². The van der Waals surface area contributed by atoms with E-state index in [1.165, 1.54) is 12.8 Å². The third-order valence-corrected chi connectivity index (χ3v) is 1.39. The minimum atomic E-state index is 0. The van der Waals surface area contributed by atoms with Crippen LogP contribution in [-0.4, -0.2) is 5.48 Å². The van der Waals surface area contributed by atoms with Gasteiger partial charge in [0.2, 0.25) is 0 Å². The quantitative estimate of drug-likeness (QED) is 0.510. The van der Waals surface area contributed by atoms with Crippen LogP contribution in [0.1, 0.15) is 33.6 Å². The van der Waals surface area contributed by atoms with Gasteiger partial charge in [-0.15, -0.1) is 0 Å². The van der Waals surface area contributed by atoms with Gasteiger partial charge in [0.15, 0.2) is 0 Å². The Morgan fingerprint density at radius 3 is 1.43 bits per heavy atom. The summed E-state index contributed by atoms with van der Waals surface area (Å²) in [5.74, 6) is 0.935. The Morgan fingerprint density at radius 1 is 1.14 bits per heavy atom. The van der Waals surface area contributed by atoms with E-state index in [4.69, 9.17) is 0 Å². The fourth-order valence-corrected chi connectivity index (χ4v) is 0.289. The molecule has 0 saturated heterocycles. The van der Waals surface area contributed by atoms with E-state index in [9.17, 15) is 0 Å². The molecule has 0 atom stereocenters. The van der Waals surface area contributed by atoms with Gasteiger partial charge in [0.25, 0.3) is 0 Å². The van der Waals surface area contributed by atoms with Crippen molar-refractivity contribution in [3.05, 3.63) is 0 Å². The molecule has 0 bridgehead atoms.